The van der Waals surface area contributed by atoms with Gasteiger partial charge in [-0.05, 0) is 50.5 Å². The minimum absolute atomic E-state index is 0.0674. The van der Waals surface area contributed by atoms with E-state index in [2.05, 4.69) is 33.2 Å². The number of hydrogen-bond donors (Lipinski definition) is 3. The number of likely N-dealkylation sites (N-methyl/N-ethyl adjacent to an activating group) is 1. The van der Waals surface area contributed by atoms with E-state index in [9.17, 15) is 4.79 Å². The molecular formula is C18H26N6O. The maximum atomic E-state index is 11.7. The number of piperidine rings is 1. The smallest absolute Gasteiger partial charge is 0.238 e. The molecule has 7 nitrogen and oxygen atoms in total. The van der Waals surface area contributed by atoms with E-state index in [1.165, 1.54) is 6.42 Å². The minimum atomic E-state index is -0.0674. The van der Waals surface area contributed by atoms with Gasteiger partial charge in [0.05, 0.1) is 12.7 Å². The van der Waals surface area contributed by atoms with E-state index < -0.39 is 0 Å². The molecule has 3 rings (SSSR count). The molecule has 1 saturated heterocycles. The highest BCUT2D eigenvalue weighted by molar-refractivity contribution is 5.92. The average Bonchev–Trinajstić information content (AvgIpc) is 3.04. The third-order valence-electron chi connectivity index (χ3n) is 4.42. The van der Waals surface area contributed by atoms with Gasteiger partial charge in [0.15, 0.2) is 0 Å². The van der Waals surface area contributed by atoms with Gasteiger partial charge in [-0.25, -0.2) is 0 Å². The Hall–Kier alpha value is -2.25. The van der Waals surface area contributed by atoms with Crippen LogP contribution < -0.4 is 16.0 Å². The van der Waals surface area contributed by atoms with E-state index in [4.69, 9.17) is 0 Å². The van der Waals surface area contributed by atoms with Crippen molar-refractivity contribution < 1.29 is 4.79 Å². The maximum absolute atomic E-state index is 11.7. The summed E-state index contributed by atoms with van der Waals surface area (Å²) in [5.41, 5.74) is 2.53. The Bertz CT molecular complexity index is 713. The fourth-order valence-corrected chi connectivity index (χ4v) is 3.32. The van der Waals surface area contributed by atoms with Gasteiger partial charge in [0.1, 0.15) is 5.69 Å². The Morgan fingerprint density at radius 1 is 1.40 bits per heavy atom. The van der Waals surface area contributed by atoms with E-state index in [0.29, 0.717) is 11.8 Å². The van der Waals surface area contributed by atoms with Crippen molar-refractivity contribution in [2.24, 2.45) is 11.8 Å². The normalized spacial score (nSPS) is 20.4. The van der Waals surface area contributed by atoms with Gasteiger partial charge >= 0.3 is 0 Å². The van der Waals surface area contributed by atoms with Crippen LogP contribution in [0.1, 0.15) is 13.3 Å². The number of amides is 1. The van der Waals surface area contributed by atoms with Crippen LogP contribution in [0.5, 0.6) is 0 Å². The van der Waals surface area contributed by atoms with Crippen molar-refractivity contribution in [1.82, 2.24) is 25.6 Å². The molecule has 1 fully saturated rings. The second-order valence-corrected chi connectivity index (χ2v) is 6.85. The Labute approximate surface area is 148 Å². The molecule has 1 aliphatic rings. The molecule has 0 radical (unpaired) electrons. The van der Waals surface area contributed by atoms with Gasteiger partial charge in [-0.2, -0.15) is 0 Å². The third kappa shape index (κ3) is 4.87. The fourth-order valence-electron chi connectivity index (χ4n) is 3.32. The lowest BCUT2D eigenvalue weighted by molar-refractivity contribution is -0.115. The van der Waals surface area contributed by atoms with E-state index in [1.807, 2.05) is 35.1 Å². The van der Waals surface area contributed by atoms with E-state index in [0.717, 1.165) is 36.6 Å². The van der Waals surface area contributed by atoms with Crippen molar-refractivity contribution in [2.75, 3.05) is 32.0 Å². The van der Waals surface area contributed by atoms with Crippen molar-refractivity contribution in [1.29, 1.82) is 0 Å². The van der Waals surface area contributed by atoms with Crippen molar-refractivity contribution in [3.8, 4) is 11.3 Å². The highest BCUT2D eigenvalue weighted by Crippen LogP contribution is 2.22. The lowest BCUT2D eigenvalue weighted by Gasteiger charge is -2.27. The summed E-state index contributed by atoms with van der Waals surface area (Å²) in [6.07, 6.45) is 3.20. The molecule has 2 heterocycles. The zero-order valence-corrected chi connectivity index (χ0v) is 14.8. The first-order valence-corrected chi connectivity index (χ1v) is 8.80. The number of rotatable bonds is 6. The maximum Gasteiger partial charge on any atom is 0.238 e. The summed E-state index contributed by atoms with van der Waals surface area (Å²) in [6.45, 7) is 5.58. The van der Waals surface area contributed by atoms with Crippen LogP contribution in [0.2, 0.25) is 0 Å². The van der Waals surface area contributed by atoms with Gasteiger partial charge in [0, 0.05) is 17.8 Å². The van der Waals surface area contributed by atoms with Crippen LogP contribution in [-0.2, 0) is 11.3 Å². The Balaban J connectivity index is 1.66. The van der Waals surface area contributed by atoms with Crippen molar-refractivity contribution in [3.05, 3.63) is 30.5 Å². The van der Waals surface area contributed by atoms with Gasteiger partial charge in [-0.3, -0.25) is 9.48 Å². The molecule has 0 aliphatic carbocycles. The van der Waals surface area contributed by atoms with E-state index in [-0.39, 0.29) is 12.5 Å². The molecule has 1 aliphatic heterocycles. The molecule has 1 aromatic carbocycles. The molecule has 1 amide bonds. The zero-order valence-electron chi connectivity index (χ0n) is 14.8. The summed E-state index contributed by atoms with van der Waals surface area (Å²) in [7, 11) is 1.75. The second kappa shape index (κ2) is 8.22. The van der Waals surface area contributed by atoms with E-state index >= 15 is 0 Å². The third-order valence-corrected chi connectivity index (χ3v) is 4.42. The SMILES string of the molecule is CNCC(=O)Nc1cccc(-c2cn(CC3CNCC(C)C3)nn2)c1. The van der Waals surface area contributed by atoms with Gasteiger partial charge < -0.3 is 16.0 Å². The molecule has 134 valence electrons. The summed E-state index contributed by atoms with van der Waals surface area (Å²) in [5.74, 6) is 1.23. The first kappa shape index (κ1) is 17.6. The molecule has 1 aromatic heterocycles. The van der Waals surface area contributed by atoms with Crippen LogP contribution in [-0.4, -0.2) is 47.6 Å². The molecule has 2 unspecified atom stereocenters. The van der Waals surface area contributed by atoms with Gasteiger partial charge in [0.25, 0.3) is 0 Å². The first-order chi connectivity index (χ1) is 12.1. The Morgan fingerprint density at radius 3 is 3.08 bits per heavy atom. The number of nitrogens with one attached hydrogen (secondary N) is 3. The lowest BCUT2D eigenvalue weighted by Crippen LogP contribution is -2.37. The molecule has 2 atom stereocenters. The summed E-state index contributed by atoms with van der Waals surface area (Å²) in [6, 6.07) is 7.69. The van der Waals surface area contributed by atoms with Gasteiger partial charge in [0.2, 0.25) is 5.91 Å². The highest BCUT2D eigenvalue weighted by atomic mass is 16.1. The number of hydrogen-bond acceptors (Lipinski definition) is 5. The van der Waals surface area contributed by atoms with Gasteiger partial charge in [-0.15, -0.1) is 5.10 Å². The quantitative estimate of drug-likeness (QED) is 0.738. The van der Waals surface area contributed by atoms with Crippen LogP contribution in [0, 0.1) is 11.8 Å². The summed E-state index contributed by atoms with van der Waals surface area (Å²) in [5, 5.41) is 17.7. The highest BCUT2D eigenvalue weighted by Gasteiger charge is 2.19. The molecule has 0 bridgehead atoms. The Kier molecular flexibility index (Phi) is 5.78. The van der Waals surface area contributed by atoms with Crippen molar-refractivity contribution >= 4 is 11.6 Å². The molecule has 0 spiro atoms. The van der Waals surface area contributed by atoms with Crippen LogP contribution in [0.15, 0.2) is 30.5 Å². The summed E-state index contributed by atoms with van der Waals surface area (Å²) < 4.78 is 1.92. The predicted molar refractivity (Wildman–Crippen MR) is 98.2 cm³/mol. The van der Waals surface area contributed by atoms with Crippen LogP contribution in [0.25, 0.3) is 11.3 Å². The molecule has 0 saturated carbocycles. The molecular weight excluding hydrogens is 316 g/mol. The Morgan fingerprint density at radius 2 is 2.28 bits per heavy atom. The number of anilines is 1. The molecule has 2 aromatic rings. The van der Waals surface area contributed by atoms with Crippen LogP contribution in [0.3, 0.4) is 0 Å². The van der Waals surface area contributed by atoms with Crippen molar-refractivity contribution in [2.45, 2.75) is 19.9 Å². The number of carbonyl (C=O) groups excluding carboxylic acids is 1. The largest absolute Gasteiger partial charge is 0.325 e. The second-order valence-electron chi connectivity index (χ2n) is 6.85. The number of aromatic nitrogens is 3. The zero-order chi connectivity index (χ0) is 17.6. The van der Waals surface area contributed by atoms with Gasteiger partial charge in [-0.1, -0.05) is 24.3 Å². The fraction of sp³-hybridized carbons (Fsp3) is 0.500. The predicted octanol–water partition coefficient (Wildman–Crippen LogP) is 1.35. The number of nitrogens with zero attached hydrogens (tertiary/aromatic N) is 3. The minimum Gasteiger partial charge on any atom is -0.325 e. The van der Waals surface area contributed by atoms with Crippen molar-refractivity contribution in [3.63, 3.8) is 0 Å². The summed E-state index contributed by atoms with van der Waals surface area (Å²) >= 11 is 0. The van der Waals surface area contributed by atoms with E-state index in [1.54, 1.807) is 7.05 Å². The summed E-state index contributed by atoms with van der Waals surface area (Å²) in [4.78, 5) is 11.7. The molecule has 7 heteroatoms. The number of carbonyl (C=O) groups is 1. The average molecular weight is 342 g/mol. The standard InChI is InChI=1S/C18H26N6O/c1-13-6-14(9-20-8-13)11-24-12-17(22-23-24)15-4-3-5-16(7-15)21-18(25)10-19-2/h3-5,7,12-14,19-20H,6,8-11H2,1-2H3,(H,21,25). The lowest BCUT2D eigenvalue weighted by atomic mass is 9.92. The topological polar surface area (TPSA) is 83.9 Å². The number of benzene rings is 1. The molecule has 3 N–H and O–H groups in total. The monoisotopic (exact) mass is 342 g/mol. The van der Waals surface area contributed by atoms with Crippen LogP contribution >= 0.6 is 0 Å². The molecule has 25 heavy (non-hydrogen) atoms. The van der Waals surface area contributed by atoms with Crippen LogP contribution in [0.4, 0.5) is 5.69 Å². The first-order valence-electron chi connectivity index (χ1n) is 8.80.